The fourth-order valence-electron chi connectivity index (χ4n) is 2.36. The Morgan fingerprint density at radius 3 is 2.70 bits per heavy atom. The minimum Gasteiger partial charge on any atom is -0.497 e. The molecule has 0 radical (unpaired) electrons. The van der Waals surface area contributed by atoms with E-state index in [1.54, 1.807) is 20.3 Å². The third-order valence-corrected chi connectivity index (χ3v) is 3.64. The maximum atomic E-state index is 11.9. The van der Waals surface area contributed by atoms with Crippen molar-refractivity contribution in [2.45, 2.75) is 25.4 Å². The zero-order valence-electron chi connectivity index (χ0n) is 11.9. The molecule has 20 heavy (non-hydrogen) atoms. The van der Waals surface area contributed by atoms with Crippen LogP contribution in [0.3, 0.4) is 0 Å². The Labute approximate surface area is 118 Å². The highest BCUT2D eigenvalue weighted by Gasteiger charge is 2.27. The van der Waals surface area contributed by atoms with Gasteiger partial charge in [0.25, 0.3) is 0 Å². The summed E-state index contributed by atoms with van der Waals surface area (Å²) in [7, 11) is 3.17. The lowest BCUT2D eigenvalue weighted by Gasteiger charge is -2.31. The van der Waals surface area contributed by atoms with Gasteiger partial charge in [-0.25, -0.2) is 0 Å². The molecule has 0 aliphatic heterocycles. The van der Waals surface area contributed by atoms with Gasteiger partial charge in [0.05, 0.1) is 26.7 Å². The van der Waals surface area contributed by atoms with E-state index >= 15 is 0 Å². The first-order valence-corrected chi connectivity index (χ1v) is 6.78. The second-order valence-electron chi connectivity index (χ2n) is 5.15. The molecule has 0 unspecified atom stereocenters. The molecule has 0 spiro atoms. The van der Waals surface area contributed by atoms with E-state index in [9.17, 15) is 9.90 Å². The third-order valence-electron chi connectivity index (χ3n) is 3.64. The van der Waals surface area contributed by atoms with Gasteiger partial charge >= 0.3 is 0 Å². The Morgan fingerprint density at radius 2 is 2.10 bits per heavy atom. The molecule has 5 nitrogen and oxygen atoms in total. The highest BCUT2D eigenvalue weighted by molar-refractivity contribution is 5.79. The van der Waals surface area contributed by atoms with Gasteiger partial charge in [0.15, 0.2) is 0 Å². The van der Waals surface area contributed by atoms with E-state index in [0.29, 0.717) is 24.0 Å². The lowest BCUT2D eigenvalue weighted by atomic mass is 9.82. The normalized spacial score (nSPS) is 20.9. The Bertz CT molecular complexity index is 469. The summed E-state index contributed by atoms with van der Waals surface area (Å²) < 4.78 is 10.4. The smallest absolute Gasteiger partial charge is 0.224 e. The summed E-state index contributed by atoms with van der Waals surface area (Å²) in [5.41, 5.74) is 0.833. The van der Waals surface area contributed by atoms with Gasteiger partial charge < -0.3 is 19.9 Å². The quantitative estimate of drug-likeness (QED) is 0.819. The van der Waals surface area contributed by atoms with Gasteiger partial charge in [0.2, 0.25) is 5.91 Å². The van der Waals surface area contributed by atoms with Crippen LogP contribution >= 0.6 is 0 Å². The van der Waals surface area contributed by atoms with Crippen molar-refractivity contribution in [1.29, 1.82) is 0 Å². The van der Waals surface area contributed by atoms with Gasteiger partial charge in [-0.2, -0.15) is 0 Å². The van der Waals surface area contributed by atoms with Crippen LogP contribution in [0.4, 0.5) is 0 Å². The van der Waals surface area contributed by atoms with Gasteiger partial charge in [0, 0.05) is 18.2 Å². The minimum atomic E-state index is -0.182. The van der Waals surface area contributed by atoms with Gasteiger partial charge in [-0.3, -0.25) is 4.79 Å². The summed E-state index contributed by atoms with van der Waals surface area (Å²) in [5, 5.41) is 12.1. The number of ether oxygens (including phenoxy) is 2. The lowest BCUT2D eigenvalue weighted by molar-refractivity contribution is -0.121. The predicted molar refractivity (Wildman–Crippen MR) is 75.0 cm³/mol. The molecular formula is C15H21NO4. The van der Waals surface area contributed by atoms with Crippen molar-refractivity contribution in [2.75, 3.05) is 20.8 Å². The number of aliphatic hydroxyl groups excluding tert-OH is 1. The number of rotatable bonds is 6. The Balaban J connectivity index is 1.87. The average Bonchev–Trinajstić information content (AvgIpc) is 2.42. The van der Waals surface area contributed by atoms with Crippen LogP contribution in [-0.2, 0) is 11.2 Å². The maximum Gasteiger partial charge on any atom is 0.224 e. The fourth-order valence-corrected chi connectivity index (χ4v) is 2.36. The van der Waals surface area contributed by atoms with Crippen LogP contribution in [0.5, 0.6) is 11.5 Å². The molecule has 1 aromatic rings. The van der Waals surface area contributed by atoms with E-state index in [1.807, 2.05) is 12.1 Å². The van der Waals surface area contributed by atoms with Crippen molar-refractivity contribution in [3.63, 3.8) is 0 Å². The van der Waals surface area contributed by atoms with E-state index in [1.165, 1.54) is 0 Å². The van der Waals surface area contributed by atoms with Crippen LogP contribution in [0, 0.1) is 5.92 Å². The molecule has 0 aromatic heterocycles. The molecule has 0 bridgehead atoms. The van der Waals surface area contributed by atoms with Crippen LogP contribution < -0.4 is 14.8 Å². The molecular weight excluding hydrogens is 258 g/mol. The first kappa shape index (κ1) is 14.7. The molecule has 5 heteroatoms. The molecule has 0 saturated heterocycles. The van der Waals surface area contributed by atoms with Crippen molar-refractivity contribution >= 4 is 5.91 Å². The lowest BCUT2D eigenvalue weighted by Crippen LogP contribution is -2.38. The fraction of sp³-hybridized carbons (Fsp3) is 0.533. The Kier molecular flexibility index (Phi) is 4.84. The Hall–Kier alpha value is -1.75. The van der Waals surface area contributed by atoms with Gasteiger partial charge in [-0.15, -0.1) is 0 Å². The maximum absolute atomic E-state index is 11.9. The van der Waals surface area contributed by atoms with Gasteiger partial charge in [-0.1, -0.05) is 6.07 Å². The molecule has 1 amide bonds. The van der Waals surface area contributed by atoms with E-state index in [0.717, 1.165) is 18.4 Å². The average molecular weight is 279 g/mol. The van der Waals surface area contributed by atoms with Crippen molar-refractivity contribution in [3.05, 3.63) is 23.8 Å². The third kappa shape index (κ3) is 3.63. The molecule has 0 atom stereocenters. The minimum absolute atomic E-state index is 0.0325. The van der Waals surface area contributed by atoms with Crippen LogP contribution in [0.1, 0.15) is 18.4 Å². The number of aliphatic hydroxyl groups is 1. The first-order chi connectivity index (χ1) is 9.62. The van der Waals surface area contributed by atoms with E-state index in [2.05, 4.69) is 5.32 Å². The number of carbonyl (C=O) groups excluding carboxylic acids is 1. The number of hydrogen-bond donors (Lipinski definition) is 2. The summed E-state index contributed by atoms with van der Waals surface area (Å²) in [5.74, 6) is 1.73. The van der Waals surface area contributed by atoms with Gasteiger partial charge in [0.1, 0.15) is 11.5 Å². The second-order valence-corrected chi connectivity index (χ2v) is 5.15. The predicted octanol–water partition coefficient (Wildman–Crippen LogP) is 1.13. The summed E-state index contributed by atoms with van der Waals surface area (Å²) >= 11 is 0. The largest absolute Gasteiger partial charge is 0.497 e. The molecule has 1 aliphatic carbocycles. The number of carbonyl (C=O) groups is 1. The van der Waals surface area contributed by atoms with Crippen molar-refractivity contribution in [2.24, 2.45) is 5.92 Å². The van der Waals surface area contributed by atoms with Crippen molar-refractivity contribution < 1.29 is 19.4 Å². The molecule has 1 aromatic carbocycles. The number of benzene rings is 1. The van der Waals surface area contributed by atoms with Crippen LogP contribution in [-0.4, -0.2) is 37.9 Å². The zero-order chi connectivity index (χ0) is 14.5. The highest BCUT2D eigenvalue weighted by atomic mass is 16.5. The number of amides is 1. The van der Waals surface area contributed by atoms with Crippen LogP contribution in [0.15, 0.2) is 18.2 Å². The van der Waals surface area contributed by atoms with Crippen molar-refractivity contribution in [3.8, 4) is 11.5 Å². The van der Waals surface area contributed by atoms with Crippen molar-refractivity contribution in [1.82, 2.24) is 5.32 Å². The zero-order valence-corrected chi connectivity index (χ0v) is 11.9. The number of nitrogens with one attached hydrogen (secondary N) is 1. The number of hydrogen-bond acceptors (Lipinski definition) is 4. The SMILES string of the molecule is COc1ccc(CC(=O)NCC2CC(O)C2)c(OC)c1. The van der Waals surface area contributed by atoms with E-state index in [4.69, 9.17) is 9.47 Å². The molecule has 110 valence electrons. The first-order valence-electron chi connectivity index (χ1n) is 6.78. The molecule has 0 heterocycles. The molecule has 1 saturated carbocycles. The standard InChI is InChI=1S/C15H21NO4/c1-19-13-4-3-11(14(8-13)20-2)7-15(18)16-9-10-5-12(17)6-10/h3-4,8,10,12,17H,5-7,9H2,1-2H3,(H,16,18). The molecule has 1 aliphatic rings. The van der Waals surface area contributed by atoms with E-state index < -0.39 is 0 Å². The van der Waals surface area contributed by atoms with Gasteiger partial charge in [-0.05, 0) is 24.8 Å². The summed E-state index contributed by atoms with van der Waals surface area (Å²) in [6, 6.07) is 5.42. The summed E-state index contributed by atoms with van der Waals surface area (Å²) in [6.07, 6.45) is 1.67. The molecule has 2 rings (SSSR count). The molecule has 1 fully saturated rings. The molecule has 2 N–H and O–H groups in total. The van der Waals surface area contributed by atoms with Crippen LogP contribution in [0.25, 0.3) is 0 Å². The monoisotopic (exact) mass is 279 g/mol. The second kappa shape index (κ2) is 6.61. The summed E-state index contributed by atoms with van der Waals surface area (Å²) in [6.45, 7) is 0.633. The Morgan fingerprint density at radius 1 is 1.35 bits per heavy atom. The summed E-state index contributed by atoms with van der Waals surface area (Å²) in [4.78, 5) is 11.9. The van der Waals surface area contributed by atoms with E-state index in [-0.39, 0.29) is 18.4 Å². The van der Waals surface area contributed by atoms with Crippen LogP contribution in [0.2, 0.25) is 0 Å². The topological polar surface area (TPSA) is 67.8 Å². The number of methoxy groups -OCH3 is 2. The highest BCUT2D eigenvalue weighted by Crippen LogP contribution is 2.27.